The highest BCUT2D eigenvalue weighted by molar-refractivity contribution is 8.00. The van der Waals surface area contributed by atoms with Crippen LogP contribution in [0.15, 0.2) is 94.7 Å². The van der Waals surface area contributed by atoms with Crippen LogP contribution in [0.4, 0.5) is 5.69 Å². The lowest BCUT2D eigenvalue weighted by molar-refractivity contribution is -0.115. The van der Waals surface area contributed by atoms with Crippen molar-refractivity contribution in [1.82, 2.24) is 4.31 Å². The van der Waals surface area contributed by atoms with Crippen molar-refractivity contribution in [3.63, 3.8) is 0 Å². The molecule has 0 saturated carbocycles. The molecule has 0 bridgehead atoms. The first-order chi connectivity index (χ1) is 15.9. The number of piperidine rings is 1. The molecule has 0 unspecified atom stereocenters. The van der Waals surface area contributed by atoms with E-state index in [0.29, 0.717) is 24.7 Å². The molecular weight excluding hydrogens is 452 g/mol. The third-order valence-electron chi connectivity index (χ3n) is 5.84. The van der Waals surface area contributed by atoms with Crippen molar-refractivity contribution in [2.45, 2.75) is 34.8 Å². The van der Waals surface area contributed by atoms with E-state index in [1.165, 1.54) is 11.8 Å². The third-order valence-corrected chi connectivity index (χ3v) is 9.02. The van der Waals surface area contributed by atoms with Crippen molar-refractivity contribution >= 4 is 33.4 Å². The molecule has 5 nitrogen and oxygen atoms in total. The van der Waals surface area contributed by atoms with E-state index in [1.54, 1.807) is 28.6 Å². The summed E-state index contributed by atoms with van der Waals surface area (Å²) < 4.78 is 27.5. The van der Waals surface area contributed by atoms with Gasteiger partial charge in [-0.1, -0.05) is 55.5 Å². The van der Waals surface area contributed by atoms with Gasteiger partial charge in [-0.2, -0.15) is 4.31 Å². The topological polar surface area (TPSA) is 66.5 Å². The maximum Gasteiger partial charge on any atom is 0.243 e. The van der Waals surface area contributed by atoms with Gasteiger partial charge in [-0.15, -0.1) is 11.8 Å². The average molecular weight is 481 g/mol. The maximum absolute atomic E-state index is 13.2. The molecule has 1 fully saturated rings. The molecule has 172 valence electrons. The van der Waals surface area contributed by atoms with Crippen LogP contribution in [0.25, 0.3) is 0 Å². The molecule has 1 heterocycles. The van der Waals surface area contributed by atoms with Gasteiger partial charge in [-0.25, -0.2) is 8.42 Å². The molecule has 1 aliphatic heterocycles. The number of amides is 1. The Morgan fingerprint density at radius 3 is 2.09 bits per heavy atom. The highest BCUT2D eigenvalue weighted by Crippen LogP contribution is 2.36. The number of rotatable bonds is 7. The molecule has 0 aliphatic carbocycles. The van der Waals surface area contributed by atoms with Gasteiger partial charge in [0.15, 0.2) is 0 Å². The van der Waals surface area contributed by atoms with Gasteiger partial charge in [-0.05, 0) is 60.7 Å². The molecule has 3 aromatic carbocycles. The van der Waals surface area contributed by atoms with E-state index in [9.17, 15) is 13.2 Å². The van der Waals surface area contributed by atoms with Gasteiger partial charge in [0.1, 0.15) is 5.25 Å². The quantitative estimate of drug-likeness (QED) is 0.448. The lowest BCUT2D eigenvalue weighted by atomic mass is 10.0. The second kappa shape index (κ2) is 10.5. The van der Waals surface area contributed by atoms with Crippen LogP contribution in [0.5, 0.6) is 0 Å². The standard InChI is InChI=1S/C26H28N2O3S2/c1-20-16-18-28(19-17-20)33(30,31)24-14-12-22(13-15-24)27-26(29)25(21-8-4-2-5-9-21)32-23-10-6-3-7-11-23/h2-15,20,25H,16-19H2,1H3,(H,27,29)/t25-/m0/s1. The monoisotopic (exact) mass is 480 g/mol. The predicted molar refractivity (Wildman–Crippen MR) is 134 cm³/mol. The first-order valence-corrected chi connectivity index (χ1v) is 13.4. The first kappa shape index (κ1) is 23.5. The summed E-state index contributed by atoms with van der Waals surface area (Å²) in [7, 11) is -3.51. The Balaban J connectivity index is 1.49. The molecule has 1 N–H and O–H groups in total. The zero-order valence-corrected chi connectivity index (χ0v) is 20.2. The molecule has 4 rings (SSSR count). The number of nitrogens with one attached hydrogen (secondary N) is 1. The largest absolute Gasteiger partial charge is 0.325 e. The summed E-state index contributed by atoms with van der Waals surface area (Å²) in [5.74, 6) is 0.399. The second-order valence-electron chi connectivity index (χ2n) is 8.32. The smallest absolute Gasteiger partial charge is 0.243 e. The number of nitrogens with zero attached hydrogens (tertiary/aromatic N) is 1. The minimum absolute atomic E-state index is 0.157. The second-order valence-corrected chi connectivity index (χ2v) is 11.4. The summed E-state index contributed by atoms with van der Waals surface area (Å²) in [6.45, 7) is 3.26. The molecule has 0 radical (unpaired) electrons. The number of thioether (sulfide) groups is 1. The highest BCUT2D eigenvalue weighted by Gasteiger charge is 2.28. The number of hydrogen-bond donors (Lipinski definition) is 1. The minimum Gasteiger partial charge on any atom is -0.325 e. The third kappa shape index (κ3) is 5.85. The number of carbonyl (C=O) groups excluding carboxylic acids is 1. The summed E-state index contributed by atoms with van der Waals surface area (Å²) >= 11 is 1.48. The Kier molecular flexibility index (Phi) is 7.53. The lowest BCUT2D eigenvalue weighted by Gasteiger charge is -2.29. The van der Waals surface area contributed by atoms with Crippen LogP contribution < -0.4 is 5.32 Å². The van der Waals surface area contributed by atoms with E-state index in [1.807, 2.05) is 60.7 Å². The molecule has 0 aromatic heterocycles. The SMILES string of the molecule is CC1CCN(S(=O)(=O)c2ccc(NC(=O)[C@@H](Sc3ccccc3)c3ccccc3)cc2)CC1. The zero-order valence-electron chi connectivity index (χ0n) is 18.6. The minimum atomic E-state index is -3.51. The molecule has 0 spiro atoms. The number of sulfonamides is 1. The molecule has 1 saturated heterocycles. The Morgan fingerprint density at radius 2 is 1.48 bits per heavy atom. The Morgan fingerprint density at radius 1 is 0.909 bits per heavy atom. The number of anilines is 1. The van der Waals surface area contributed by atoms with E-state index in [2.05, 4.69) is 12.2 Å². The molecule has 7 heteroatoms. The number of benzene rings is 3. The average Bonchev–Trinajstić information content (AvgIpc) is 2.84. The highest BCUT2D eigenvalue weighted by atomic mass is 32.2. The van der Waals surface area contributed by atoms with Gasteiger partial charge < -0.3 is 5.32 Å². The summed E-state index contributed by atoms with van der Waals surface area (Å²) in [5.41, 5.74) is 1.48. The van der Waals surface area contributed by atoms with E-state index in [-0.39, 0.29) is 10.8 Å². The first-order valence-electron chi connectivity index (χ1n) is 11.1. The van der Waals surface area contributed by atoms with Gasteiger partial charge in [-0.3, -0.25) is 4.79 Å². The van der Waals surface area contributed by atoms with E-state index in [4.69, 9.17) is 0 Å². The number of hydrogen-bond acceptors (Lipinski definition) is 4. The normalized spacial score (nSPS) is 16.3. The molecule has 1 aliphatic rings. The van der Waals surface area contributed by atoms with E-state index in [0.717, 1.165) is 23.3 Å². The molecule has 33 heavy (non-hydrogen) atoms. The van der Waals surface area contributed by atoms with Crippen LogP contribution in [-0.2, 0) is 14.8 Å². The fourth-order valence-electron chi connectivity index (χ4n) is 3.83. The van der Waals surface area contributed by atoms with Crippen LogP contribution in [-0.4, -0.2) is 31.7 Å². The summed E-state index contributed by atoms with van der Waals surface area (Å²) in [6.07, 6.45) is 1.76. The Hall–Kier alpha value is -2.61. The molecule has 3 aromatic rings. The van der Waals surface area contributed by atoms with Crippen LogP contribution in [0.2, 0.25) is 0 Å². The van der Waals surface area contributed by atoms with Crippen molar-refractivity contribution in [3.8, 4) is 0 Å². The van der Waals surface area contributed by atoms with Crippen LogP contribution in [0.3, 0.4) is 0 Å². The summed E-state index contributed by atoms with van der Waals surface area (Å²) in [4.78, 5) is 14.5. The van der Waals surface area contributed by atoms with Crippen molar-refractivity contribution in [2.24, 2.45) is 5.92 Å². The molecule has 1 atom stereocenters. The van der Waals surface area contributed by atoms with Gasteiger partial charge >= 0.3 is 0 Å². The maximum atomic E-state index is 13.2. The fraction of sp³-hybridized carbons (Fsp3) is 0.269. The summed E-state index contributed by atoms with van der Waals surface area (Å²) in [6, 6.07) is 25.9. The Labute approximate surface area is 200 Å². The van der Waals surface area contributed by atoms with Gasteiger partial charge in [0.25, 0.3) is 0 Å². The molecule has 1 amide bonds. The Bertz CT molecular complexity index is 1160. The van der Waals surface area contributed by atoms with Crippen molar-refractivity contribution in [2.75, 3.05) is 18.4 Å². The number of carbonyl (C=O) groups is 1. The zero-order chi connectivity index (χ0) is 23.3. The molecular formula is C26H28N2O3S2. The van der Waals surface area contributed by atoms with Crippen LogP contribution >= 0.6 is 11.8 Å². The van der Waals surface area contributed by atoms with Gasteiger partial charge in [0, 0.05) is 23.7 Å². The summed E-state index contributed by atoms with van der Waals surface area (Å²) in [5, 5.41) is 2.52. The van der Waals surface area contributed by atoms with Crippen molar-refractivity contribution in [1.29, 1.82) is 0 Å². The predicted octanol–water partition coefficient (Wildman–Crippen LogP) is 5.58. The van der Waals surface area contributed by atoms with E-state index < -0.39 is 15.3 Å². The van der Waals surface area contributed by atoms with E-state index >= 15 is 0 Å². The van der Waals surface area contributed by atoms with Gasteiger partial charge in [0.2, 0.25) is 15.9 Å². The lowest BCUT2D eigenvalue weighted by Crippen LogP contribution is -2.37. The van der Waals surface area contributed by atoms with Crippen LogP contribution in [0, 0.1) is 5.92 Å². The fourth-order valence-corrected chi connectivity index (χ4v) is 6.34. The van der Waals surface area contributed by atoms with Crippen molar-refractivity contribution < 1.29 is 13.2 Å². The van der Waals surface area contributed by atoms with Crippen molar-refractivity contribution in [3.05, 3.63) is 90.5 Å². The van der Waals surface area contributed by atoms with Gasteiger partial charge in [0.05, 0.1) is 4.90 Å². The van der Waals surface area contributed by atoms with Crippen LogP contribution in [0.1, 0.15) is 30.6 Å².